The van der Waals surface area contributed by atoms with E-state index in [1.54, 1.807) is 12.3 Å². The number of hydrogen-bond acceptors (Lipinski definition) is 5. The Labute approximate surface area is 99.5 Å². The van der Waals surface area contributed by atoms with Crippen LogP contribution in [0.4, 0.5) is 0 Å². The lowest BCUT2D eigenvalue weighted by atomic mass is 10.3. The Kier molecular flexibility index (Phi) is 5.31. The molecule has 0 saturated heterocycles. The standard InChI is InChI=1S/C10H17N5O2/c1-2-4-14(6-7-16)10(17)9-8-15(5-3-11)13-12-9/h2,8,16H,1,3-7,11H2. The van der Waals surface area contributed by atoms with Gasteiger partial charge in [-0.05, 0) is 0 Å². The minimum atomic E-state index is -0.276. The summed E-state index contributed by atoms with van der Waals surface area (Å²) in [6.07, 6.45) is 3.14. The number of carbonyl (C=O) groups excluding carboxylic acids is 1. The van der Waals surface area contributed by atoms with Crippen LogP contribution in [0.15, 0.2) is 18.9 Å². The lowest BCUT2D eigenvalue weighted by Gasteiger charge is -2.18. The first kappa shape index (κ1) is 13.3. The van der Waals surface area contributed by atoms with Crippen molar-refractivity contribution in [3.05, 3.63) is 24.5 Å². The first-order valence-corrected chi connectivity index (χ1v) is 5.34. The van der Waals surface area contributed by atoms with Gasteiger partial charge in [-0.3, -0.25) is 9.48 Å². The molecule has 0 spiro atoms. The van der Waals surface area contributed by atoms with Crippen LogP contribution in [-0.2, 0) is 6.54 Å². The molecule has 0 aliphatic rings. The van der Waals surface area contributed by atoms with E-state index in [2.05, 4.69) is 16.9 Å². The summed E-state index contributed by atoms with van der Waals surface area (Å²) in [6, 6.07) is 0. The zero-order valence-electron chi connectivity index (χ0n) is 9.62. The molecule has 0 bridgehead atoms. The number of carbonyl (C=O) groups is 1. The molecule has 0 aromatic carbocycles. The molecule has 17 heavy (non-hydrogen) atoms. The Balaban J connectivity index is 2.73. The van der Waals surface area contributed by atoms with E-state index in [-0.39, 0.29) is 24.8 Å². The first-order chi connectivity index (χ1) is 8.22. The highest BCUT2D eigenvalue weighted by molar-refractivity contribution is 5.92. The molecule has 0 saturated carbocycles. The van der Waals surface area contributed by atoms with Crippen LogP contribution in [0.5, 0.6) is 0 Å². The van der Waals surface area contributed by atoms with Gasteiger partial charge in [-0.1, -0.05) is 11.3 Å². The molecule has 7 nitrogen and oxygen atoms in total. The molecule has 1 heterocycles. The fraction of sp³-hybridized carbons (Fsp3) is 0.500. The Morgan fingerprint density at radius 1 is 1.71 bits per heavy atom. The Hall–Kier alpha value is -1.73. The van der Waals surface area contributed by atoms with Crippen molar-refractivity contribution in [2.45, 2.75) is 6.54 Å². The van der Waals surface area contributed by atoms with Gasteiger partial charge in [0.2, 0.25) is 0 Å². The van der Waals surface area contributed by atoms with Crippen LogP contribution >= 0.6 is 0 Å². The second-order valence-electron chi connectivity index (χ2n) is 3.42. The summed E-state index contributed by atoms with van der Waals surface area (Å²) in [6.45, 7) is 5.02. The third-order valence-corrected chi connectivity index (χ3v) is 2.12. The van der Waals surface area contributed by atoms with E-state index < -0.39 is 0 Å². The van der Waals surface area contributed by atoms with Crippen molar-refractivity contribution in [1.82, 2.24) is 19.9 Å². The number of hydrogen-bond donors (Lipinski definition) is 2. The number of nitrogens with two attached hydrogens (primary N) is 1. The van der Waals surface area contributed by atoms with Crippen molar-refractivity contribution in [3.8, 4) is 0 Å². The summed E-state index contributed by atoms with van der Waals surface area (Å²) in [5, 5.41) is 16.4. The fourth-order valence-electron chi connectivity index (χ4n) is 1.35. The van der Waals surface area contributed by atoms with E-state index in [4.69, 9.17) is 10.8 Å². The molecule has 94 valence electrons. The van der Waals surface area contributed by atoms with Crippen molar-refractivity contribution in [1.29, 1.82) is 0 Å². The quantitative estimate of drug-likeness (QED) is 0.586. The van der Waals surface area contributed by atoms with Gasteiger partial charge in [0.1, 0.15) is 0 Å². The fourth-order valence-corrected chi connectivity index (χ4v) is 1.35. The molecule has 0 fully saturated rings. The number of aliphatic hydroxyl groups is 1. The molecule has 0 aliphatic carbocycles. The maximum absolute atomic E-state index is 12.0. The van der Waals surface area contributed by atoms with Gasteiger partial charge in [-0.15, -0.1) is 11.7 Å². The molecule has 0 radical (unpaired) electrons. The Morgan fingerprint density at radius 2 is 2.47 bits per heavy atom. The third kappa shape index (κ3) is 3.65. The predicted octanol–water partition coefficient (Wildman–Crippen LogP) is -1.14. The molecule has 1 amide bonds. The van der Waals surface area contributed by atoms with E-state index >= 15 is 0 Å². The van der Waals surface area contributed by atoms with Gasteiger partial charge < -0.3 is 15.7 Å². The van der Waals surface area contributed by atoms with E-state index in [1.807, 2.05) is 0 Å². The van der Waals surface area contributed by atoms with Gasteiger partial charge in [0.05, 0.1) is 19.3 Å². The van der Waals surface area contributed by atoms with Gasteiger partial charge in [0.25, 0.3) is 5.91 Å². The average molecular weight is 239 g/mol. The smallest absolute Gasteiger partial charge is 0.276 e. The van der Waals surface area contributed by atoms with E-state index in [9.17, 15) is 4.79 Å². The zero-order valence-corrected chi connectivity index (χ0v) is 9.62. The highest BCUT2D eigenvalue weighted by Gasteiger charge is 2.17. The van der Waals surface area contributed by atoms with Crippen molar-refractivity contribution < 1.29 is 9.90 Å². The molecule has 1 aromatic heterocycles. The largest absolute Gasteiger partial charge is 0.395 e. The summed E-state index contributed by atoms with van der Waals surface area (Å²) in [7, 11) is 0. The Morgan fingerprint density at radius 3 is 3.06 bits per heavy atom. The summed E-state index contributed by atoms with van der Waals surface area (Å²) in [5.41, 5.74) is 5.62. The molecule has 1 rings (SSSR count). The number of aromatic nitrogens is 3. The zero-order chi connectivity index (χ0) is 12.7. The topological polar surface area (TPSA) is 97.3 Å². The van der Waals surface area contributed by atoms with Crippen LogP contribution in [0.1, 0.15) is 10.5 Å². The van der Waals surface area contributed by atoms with Gasteiger partial charge in [-0.2, -0.15) is 0 Å². The number of nitrogens with zero attached hydrogens (tertiary/aromatic N) is 4. The third-order valence-electron chi connectivity index (χ3n) is 2.12. The maximum Gasteiger partial charge on any atom is 0.276 e. The van der Waals surface area contributed by atoms with Gasteiger partial charge >= 0.3 is 0 Å². The van der Waals surface area contributed by atoms with Crippen LogP contribution in [-0.4, -0.2) is 57.1 Å². The first-order valence-electron chi connectivity index (χ1n) is 5.34. The molecule has 0 unspecified atom stereocenters. The van der Waals surface area contributed by atoms with Crippen LogP contribution < -0.4 is 5.73 Å². The highest BCUT2D eigenvalue weighted by Crippen LogP contribution is 2.01. The van der Waals surface area contributed by atoms with Crippen LogP contribution in [0, 0.1) is 0 Å². The highest BCUT2D eigenvalue weighted by atomic mass is 16.3. The maximum atomic E-state index is 12.0. The van der Waals surface area contributed by atoms with Crippen LogP contribution in [0.25, 0.3) is 0 Å². The number of amides is 1. The van der Waals surface area contributed by atoms with Gasteiger partial charge in [0, 0.05) is 19.6 Å². The van der Waals surface area contributed by atoms with E-state index in [0.717, 1.165) is 0 Å². The minimum Gasteiger partial charge on any atom is -0.395 e. The normalized spacial score (nSPS) is 10.2. The van der Waals surface area contributed by atoms with Crippen molar-refractivity contribution in [3.63, 3.8) is 0 Å². The molecule has 7 heteroatoms. The van der Waals surface area contributed by atoms with Crippen molar-refractivity contribution in [2.75, 3.05) is 26.2 Å². The molecule has 0 aliphatic heterocycles. The Bertz CT molecular complexity index is 377. The molecular weight excluding hydrogens is 222 g/mol. The predicted molar refractivity (Wildman–Crippen MR) is 62.3 cm³/mol. The monoisotopic (exact) mass is 239 g/mol. The second kappa shape index (κ2) is 6.77. The summed E-state index contributed by atoms with van der Waals surface area (Å²) in [4.78, 5) is 13.4. The second-order valence-corrected chi connectivity index (χ2v) is 3.42. The lowest BCUT2D eigenvalue weighted by molar-refractivity contribution is 0.0737. The van der Waals surface area contributed by atoms with E-state index in [0.29, 0.717) is 19.6 Å². The lowest BCUT2D eigenvalue weighted by Crippen LogP contribution is -2.33. The SMILES string of the molecule is C=CCN(CCO)C(=O)c1cn(CCN)nn1. The molecule has 3 N–H and O–H groups in total. The summed E-state index contributed by atoms with van der Waals surface area (Å²) >= 11 is 0. The van der Waals surface area contributed by atoms with Gasteiger partial charge in [0.15, 0.2) is 5.69 Å². The van der Waals surface area contributed by atoms with Crippen molar-refractivity contribution >= 4 is 5.91 Å². The molecule has 1 aromatic rings. The molecular formula is C10H17N5O2. The minimum absolute atomic E-state index is 0.101. The van der Waals surface area contributed by atoms with Crippen LogP contribution in [0.3, 0.4) is 0 Å². The summed E-state index contributed by atoms with van der Waals surface area (Å²) < 4.78 is 1.51. The summed E-state index contributed by atoms with van der Waals surface area (Å²) in [5.74, 6) is -0.276. The van der Waals surface area contributed by atoms with Crippen LogP contribution in [0.2, 0.25) is 0 Å². The number of aliphatic hydroxyl groups excluding tert-OH is 1. The average Bonchev–Trinajstić information content (AvgIpc) is 2.77. The van der Waals surface area contributed by atoms with Crippen molar-refractivity contribution in [2.24, 2.45) is 5.73 Å². The number of rotatable bonds is 7. The van der Waals surface area contributed by atoms with Gasteiger partial charge in [-0.25, -0.2) is 0 Å². The van der Waals surface area contributed by atoms with E-state index in [1.165, 1.54) is 9.58 Å². The molecule has 0 atom stereocenters.